The Morgan fingerprint density at radius 3 is 3.00 bits per heavy atom. The first kappa shape index (κ1) is 9.30. The summed E-state index contributed by atoms with van der Waals surface area (Å²) in [5, 5.41) is 3.49. The molecule has 1 heteroatoms. The molecule has 1 heterocycles. The van der Waals surface area contributed by atoms with Gasteiger partial charge in [-0.1, -0.05) is 24.1 Å². The third-order valence-corrected chi connectivity index (χ3v) is 2.80. The van der Waals surface area contributed by atoms with Gasteiger partial charge in [0.05, 0.1) is 0 Å². The van der Waals surface area contributed by atoms with Crippen LogP contribution in [-0.4, -0.2) is 12.6 Å². The highest BCUT2D eigenvalue weighted by Gasteiger charge is 2.15. The molecule has 1 unspecified atom stereocenters. The molecule has 0 bridgehead atoms. The van der Waals surface area contributed by atoms with E-state index in [2.05, 4.69) is 23.4 Å². The van der Waals surface area contributed by atoms with Gasteiger partial charge in [-0.3, -0.25) is 0 Å². The zero-order valence-corrected chi connectivity index (χ0v) is 8.29. The number of hydrogen-bond acceptors (Lipinski definition) is 1. The molecule has 1 aliphatic heterocycles. The molecular weight excluding hydrogens is 170 g/mol. The van der Waals surface area contributed by atoms with Crippen LogP contribution in [0, 0.1) is 12.3 Å². The van der Waals surface area contributed by atoms with E-state index in [4.69, 9.17) is 6.42 Å². The van der Waals surface area contributed by atoms with Gasteiger partial charge in [0.2, 0.25) is 0 Å². The minimum atomic E-state index is 0.629. The second-order valence-electron chi connectivity index (χ2n) is 3.80. The first-order valence-corrected chi connectivity index (χ1v) is 5.18. The van der Waals surface area contributed by atoms with Crippen LogP contribution in [-0.2, 0) is 6.42 Å². The fraction of sp³-hybridized carbons (Fsp3) is 0.385. The molecule has 1 N–H and O–H groups in total. The monoisotopic (exact) mass is 185 g/mol. The van der Waals surface area contributed by atoms with E-state index < -0.39 is 0 Å². The smallest absolute Gasteiger partial charge is 0.0275 e. The fourth-order valence-corrected chi connectivity index (χ4v) is 2.04. The summed E-state index contributed by atoms with van der Waals surface area (Å²) in [5.74, 6) is 2.74. The third kappa shape index (κ3) is 1.97. The first-order chi connectivity index (χ1) is 6.90. The number of nitrogens with one attached hydrogen (secondary N) is 1. The summed E-state index contributed by atoms with van der Waals surface area (Å²) in [7, 11) is 0. The van der Waals surface area contributed by atoms with Gasteiger partial charge in [0.1, 0.15) is 0 Å². The summed E-state index contributed by atoms with van der Waals surface area (Å²) in [6.45, 7) is 1.16. The van der Waals surface area contributed by atoms with E-state index in [0.717, 1.165) is 18.5 Å². The van der Waals surface area contributed by atoms with Crippen molar-refractivity contribution >= 4 is 0 Å². The third-order valence-electron chi connectivity index (χ3n) is 2.80. The molecule has 0 aromatic heterocycles. The Hall–Kier alpha value is -1.26. The molecule has 0 aliphatic carbocycles. The lowest BCUT2D eigenvalue weighted by Crippen LogP contribution is -2.23. The lowest BCUT2D eigenvalue weighted by atomic mass is 10.00. The van der Waals surface area contributed by atoms with Gasteiger partial charge >= 0.3 is 0 Å². The normalized spacial score (nSPS) is 20.6. The maximum atomic E-state index is 5.45. The number of rotatable bonds is 2. The Morgan fingerprint density at radius 2 is 2.29 bits per heavy atom. The van der Waals surface area contributed by atoms with Crippen LogP contribution in [0.5, 0.6) is 0 Å². The second kappa shape index (κ2) is 4.30. The van der Waals surface area contributed by atoms with Crippen molar-refractivity contribution in [3.63, 3.8) is 0 Å². The maximum Gasteiger partial charge on any atom is 0.0275 e. The van der Waals surface area contributed by atoms with Crippen molar-refractivity contribution in [3.8, 4) is 12.3 Å². The highest BCUT2D eigenvalue weighted by molar-refractivity contribution is 5.40. The molecule has 1 aliphatic rings. The van der Waals surface area contributed by atoms with E-state index in [9.17, 15) is 0 Å². The van der Waals surface area contributed by atoms with Crippen molar-refractivity contribution in [2.24, 2.45) is 0 Å². The molecule has 1 saturated heterocycles. The fourth-order valence-electron chi connectivity index (χ4n) is 2.04. The van der Waals surface area contributed by atoms with Gasteiger partial charge in [-0.25, -0.2) is 0 Å². The van der Waals surface area contributed by atoms with Crippen LogP contribution >= 0.6 is 0 Å². The summed E-state index contributed by atoms with van der Waals surface area (Å²) in [6, 6.07) is 8.84. The SMILES string of the molecule is C#Cc1ccccc1CC1CCCN1. The van der Waals surface area contributed by atoms with Crippen LogP contribution in [0.25, 0.3) is 0 Å². The summed E-state index contributed by atoms with van der Waals surface area (Å²) in [4.78, 5) is 0. The van der Waals surface area contributed by atoms with Gasteiger partial charge in [0, 0.05) is 11.6 Å². The molecule has 0 radical (unpaired) electrons. The van der Waals surface area contributed by atoms with E-state index in [-0.39, 0.29) is 0 Å². The molecule has 2 rings (SSSR count). The standard InChI is InChI=1S/C13H15N/c1-2-11-6-3-4-7-12(11)10-13-8-5-9-14-13/h1,3-4,6-7,13-14H,5,8-10H2. The molecular formula is C13H15N. The zero-order chi connectivity index (χ0) is 9.80. The lowest BCUT2D eigenvalue weighted by molar-refractivity contribution is 0.602. The largest absolute Gasteiger partial charge is 0.314 e. The molecule has 0 saturated carbocycles. The topological polar surface area (TPSA) is 12.0 Å². The van der Waals surface area contributed by atoms with Crippen molar-refractivity contribution in [1.29, 1.82) is 0 Å². The van der Waals surface area contributed by atoms with Crippen LogP contribution in [0.3, 0.4) is 0 Å². The van der Waals surface area contributed by atoms with Crippen molar-refractivity contribution in [3.05, 3.63) is 35.4 Å². The van der Waals surface area contributed by atoms with E-state index in [1.165, 1.54) is 18.4 Å². The zero-order valence-electron chi connectivity index (χ0n) is 8.29. The minimum Gasteiger partial charge on any atom is -0.314 e. The van der Waals surface area contributed by atoms with E-state index in [1.54, 1.807) is 0 Å². The molecule has 72 valence electrons. The quantitative estimate of drug-likeness (QED) is 0.694. The Kier molecular flexibility index (Phi) is 2.86. The number of terminal acetylenes is 1. The molecule has 14 heavy (non-hydrogen) atoms. The summed E-state index contributed by atoms with van der Waals surface area (Å²) < 4.78 is 0. The minimum absolute atomic E-state index is 0.629. The summed E-state index contributed by atoms with van der Waals surface area (Å²) in [5.41, 5.74) is 2.34. The van der Waals surface area contributed by atoms with Crippen molar-refractivity contribution < 1.29 is 0 Å². The summed E-state index contributed by atoms with van der Waals surface area (Å²) in [6.07, 6.45) is 9.10. The highest BCUT2D eigenvalue weighted by Crippen LogP contribution is 2.14. The van der Waals surface area contributed by atoms with E-state index in [0.29, 0.717) is 6.04 Å². The predicted molar refractivity (Wildman–Crippen MR) is 59.1 cm³/mol. The van der Waals surface area contributed by atoms with Gasteiger partial charge in [0.25, 0.3) is 0 Å². The number of hydrogen-bond donors (Lipinski definition) is 1. The van der Waals surface area contributed by atoms with Crippen LogP contribution in [0.1, 0.15) is 24.0 Å². The Balaban J connectivity index is 2.11. The van der Waals surface area contributed by atoms with Crippen LogP contribution in [0.2, 0.25) is 0 Å². The lowest BCUT2D eigenvalue weighted by Gasteiger charge is -2.11. The van der Waals surface area contributed by atoms with Gasteiger partial charge in [-0.15, -0.1) is 6.42 Å². The highest BCUT2D eigenvalue weighted by atomic mass is 14.9. The maximum absolute atomic E-state index is 5.45. The van der Waals surface area contributed by atoms with E-state index in [1.807, 2.05) is 12.1 Å². The van der Waals surface area contributed by atoms with Gasteiger partial charge in [-0.05, 0) is 37.4 Å². The Labute approximate surface area is 85.5 Å². The van der Waals surface area contributed by atoms with E-state index >= 15 is 0 Å². The van der Waals surface area contributed by atoms with Crippen LogP contribution in [0.4, 0.5) is 0 Å². The van der Waals surface area contributed by atoms with Crippen molar-refractivity contribution in [1.82, 2.24) is 5.32 Å². The first-order valence-electron chi connectivity index (χ1n) is 5.18. The van der Waals surface area contributed by atoms with Gasteiger partial charge in [-0.2, -0.15) is 0 Å². The molecule has 0 amide bonds. The van der Waals surface area contributed by atoms with Crippen LogP contribution < -0.4 is 5.32 Å². The summed E-state index contributed by atoms with van der Waals surface area (Å²) >= 11 is 0. The Bertz CT molecular complexity index is 342. The molecule has 0 spiro atoms. The number of benzene rings is 1. The molecule has 1 fully saturated rings. The average molecular weight is 185 g/mol. The van der Waals surface area contributed by atoms with Crippen LogP contribution in [0.15, 0.2) is 24.3 Å². The van der Waals surface area contributed by atoms with Crippen molar-refractivity contribution in [2.75, 3.05) is 6.54 Å². The molecule has 1 atom stereocenters. The predicted octanol–water partition coefficient (Wildman–Crippen LogP) is 1.96. The average Bonchev–Trinajstić information content (AvgIpc) is 2.71. The Morgan fingerprint density at radius 1 is 1.43 bits per heavy atom. The second-order valence-corrected chi connectivity index (χ2v) is 3.80. The van der Waals surface area contributed by atoms with Gasteiger partial charge in [0.15, 0.2) is 0 Å². The molecule has 1 aromatic carbocycles. The van der Waals surface area contributed by atoms with Crippen molar-refractivity contribution in [2.45, 2.75) is 25.3 Å². The molecule has 1 nitrogen and oxygen atoms in total. The molecule has 1 aromatic rings. The van der Waals surface area contributed by atoms with Gasteiger partial charge < -0.3 is 5.32 Å².